The largest absolute Gasteiger partial charge is 0.416 e. The maximum atomic E-state index is 15.0. The van der Waals surface area contributed by atoms with Gasteiger partial charge >= 0.3 is 6.18 Å². The molecule has 0 saturated heterocycles. The van der Waals surface area contributed by atoms with Gasteiger partial charge in [-0.05, 0) is 69.1 Å². The third-order valence-corrected chi connectivity index (χ3v) is 8.32. The summed E-state index contributed by atoms with van der Waals surface area (Å²) in [5, 5.41) is 3.23. The third-order valence-electron chi connectivity index (χ3n) is 6.64. The minimum absolute atomic E-state index is 0.00645. The molecule has 0 bridgehead atoms. The lowest BCUT2D eigenvalue weighted by molar-refractivity contribution is -0.137. The van der Waals surface area contributed by atoms with Crippen LogP contribution in [0.4, 0.5) is 29.1 Å². The topological polar surface area (TPSA) is 87.2 Å². The van der Waals surface area contributed by atoms with Gasteiger partial charge in [0, 0.05) is 18.3 Å². The van der Waals surface area contributed by atoms with Gasteiger partial charge in [-0.25, -0.2) is 22.8 Å². The summed E-state index contributed by atoms with van der Waals surface area (Å²) in [5.74, 6) is -1.11. The van der Waals surface area contributed by atoms with Gasteiger partial charge < -0.3 is 10.2 Å². The number of anilines is 2. The zero-order chi connectivity index (χ0) is 27.7. The van der Waals surface area contributed by atoms with Crippen LogP contribution in [-0.4, -0.2) is 49.5 Å². The van der Waals surface area contributed by atoms with Crippen molar-refractivity contribution in [3.63, 3.8) is 0 Å². The molecule has 0 radical (unpaired) electrons. The molecule has 0 aliphatic heterocycles. The average Bonchev–Trinajstić information content (AvgIpc) is 2.86. The van der Waals surface area contributed by atoms with E-state index in [-0.39, 0.29) is 34.5 Å². The van der Waals surface area contributed by atoms with E-state index in [1.165, 1.54) is 24.4 Å². The number of halogens is 5. The second kappa shape index (κ2) is 11.0. The molecular formula is C25H26ClF4N5O2S. The number of benzene rings is 2. The summed E-state index contributed by atoms with van der Waals surface area (Å²) in [6.07, 6.45) is -0.168. The first-order chi connectivity index (χ1) is 17.8. The Morgan fingerprint density at radius 3 is 2.53 bits per heavy atom. The average molecular weight is 572 g/mol. The summed E-state index contributed by atoms with van der Waals surface area (Å²) in [4.78, 5) is 8.81. The van der Waals surface area contributed by atoms with Gasteiger partial charge in [-0.15, -0.1) is 0 Å². The maximum absolute atomic E-state index is 15.0. The van der Waals surface area contributed by atoms with Crippen LogP contribution in [0.15, 0.2) is 59.9 Å². The molecule has 3 atom stereocenters. The van der Waals surface area contributed by atoms with Gasteiger partial charge in [0.25, 0.3) is 10.0 Å². The number of aromatic nitrogens is 2. The van der Waals surface area contributed by atoms with Crippen molar-refractivity contribution in [3.8, 4) is 0 Å². The fraction of sp³-hybridized carbons (Fsp3) is 0.360. The Bertz CT molecular complexity index is 1390. The molecule has 1 aliphatic carbocycles. The number of nitrogens with zero attached hydrogens (tertiary/aromatic N) is 3. The van der Waals surface area contributed by atoms with Crippen LogP contribution >= 0.6 is 11.6 Å². The molecule has 2 aromatic carbocycles. The molecule has 0 spiro atoms. The molecule has 13 heteroatoms. The molecule has 1 saturated carbocycles. The van der Waals surface area contributed by atoms with Crippen LogP contribution in [0.3, 0.4) is 0 Å². The van der Waals surface area contributed by atoms with Crippen LogP contribution in [-0.2, 0) is 16.2 Å². The van der Waals surface area contributed by atoms with E-state index in [1.807, 2.05) is 19.0 Å². The van der Waals surface area contributed by atoms with Crippen molar-refractivity contribution in [2.24, 2.45) is 0 Å². The fourth-order valence-corrected chi connectivity index (χ4v) is 6.12. The second-order valence-electron chi connectivity index (χ2n) is 9.38. The van der Waals surface area contributed by atoms with Crippen molar-refractivity contribution < 1.29 is 26.0 Å². The van der Waals surface area contributed by atoms with Crippen molar-refractivity contribution in [3.05, 3.63) is 77.0 Å². The Morgan fingerprint density at radius 1 is 1.11 bits per heavy atom. The Morgan fingerprint density at radius 2 is 1.87 bits per heavy atom. The molecular weight excluding hydrogens is 546 g/mol. The molecule has 1 aromatic heterocycles. The standard InChI is InChI=1S/C25H26ClF4N5O2S/c1-35(2)22-11-16(15-4-3-5-17(10-15)25(28,29)30)6-7-20(22)33-21-13-19(27)23(12-18(21)26)38(36,37)34-24-8-9-31-14-32-24/h3-5,8-10,12-14,16,20,22,33H,6-7,11H2,1-2H3,(H,31,32,34)/t16-,20?,22+/m1/s1. The van der Waals surface area contributed by atoms with Crippen molar-refractivity contribution in [1.29, 1.82) is 0 Å². The molecule has 2 N–H and O–H groups in total. The van der Waals surface area contributed by atoms with E-state index in [0.717, 1.165) is 24.5 Å². The van der Waals surface area contributed by atoms with Crippen LogP contribution in [0.2, 0.25) is 5.02 Å². The Kier molecular flexibility index (Phi) is 8.15. The van der Waals surface area contributed by atoms with Crippen LogP contribution < -0.4 is 10.0 Å². The molecule has 1 unspecified atom stereocenters. The van der Waals surface area contributed by atoms with E-state index in [0.29, 0.717) is 24.8 Å². The molecule has 1 aliphatic rings. The van der Waals surface area contributed by atoms with Crippen LogP contribution in [0.25, 0.3) is 0 Å². The van der Waals surface area contributed by atoms with Gasteiger partial charge in [0.1, 0.15) is 22.9 Å². The quantitative estimate of drug-likeness (QED) is 0.350. The molecule has 3 aromatic rings. The number of rotatable bonds is 7. The highest BCUT2D eigenvalue weighted by molar-refractivity contribution is 7.92. The lowest BCUT2D eigenvalue weighted by atomic mass is 9.78. The molecule has 7 nitrogen and oxygen atoms in total. The molecule has 1 fully saturated rings. The number of nitrogens with one attached hydrogen (secondary N) is 2. The fourth-order valence-electron chi connectivity index (χ4n) is 4.75. The van der Waals surface area contributed by atoms with E-state index in [2.05, 4.69) is 20.0 Å². The zero-order valence-electron chi connectivity index (χ0n) is 20.5. The lowest BCUT2D eigenvalue weighted by Gasteiger charge is -2.41. The Labute approximate surface area is 223 Å². The predicted octanol–water partition coefficient (Wildman–Crippen LogP) is 5.77. The van der Waals surface area contributed by atoms with E-state index in [4.69, 9.17) is 11.6 Å². The second-order valence-corrected chi connectivity index (χ2v) is 11.4. The highest BCUT2D eigenvalue weighted by Gasteiger charge is 2.35. The van der Waals surface area contributed by atoms with Crippen LogP contribution in [0.1, 0.15) is 36.3 Å². The minimum atomic E-state index is -4.42. The molecule has 4 rings (SSSR count). The van der Waals surface area contributed by atoms with Gasteiger partial charge in [-0.1, -0.05) is 29.8 Å². The summed E-state index contributed by atoms with van der Waals surface area (Å²) in [6, 6.07) is 8.46. The van der Waals surface area contributed by atoms with Gasteiger partial charge in [-0.3, -0.25) is 4.72 Å². The first kappa shape index (κ1) is 28.1. The highest BCUT2D eigenvalue weighted by atomic mass is 35.5. The van der Waals surface area contributed by atoms with Crippen molar-refractivity contribution in [2.45, 2.75) is 48.3 Å². The molecule has 0 amide bonds. The van der Waals surface area contributed by atoms with Gasteiger partial charge in [0.15, 0.2) is 0 Å². The SMILES string of the molecule is CN(C)[C@H]1C[C@H](c2cccc(C(F)(F)F)c2)CCC1Nc1cc(F)c(S(=O)(=O)Nc2ccncn2)cc1Cl. The Balaban J connectivity index is 1.52. The lowest BCUT2D eigenvalue weighted by Crippen LogP contribution is -2.47. The van der Waals surface area contributed by atoms with Gasteiger partial charge in [-0.2, -0.15) is 13.2 Å². The van der Waals surface area contributed by atoms with Gasteiger partial charge in [0.2, 0.25) is 0 Å². The Hall–Kier alpha value is -2.96. The normalized spacial score (nSPS) is 20.4. The van der Waals surface area contributed by atoms with E-state index in [9.17, 15) is 21.6 Å². The maximum Gasteiger partial charge on any atom is 0.416 e. The summed E-state index contributed by atoms with van der Waals surface area (Å²) in [5.41, 5.74) is 0.169. The number of sulfonamides is 1. The molecule has 38 heavy (non-hydrogen) atoms. The number of likely N-dealkylation sites (N-methyl/N-ethyl adjacent to an activating group) is 1. The summed E-state index contributed by atoms with van der Waals surface area (Å²) < 4.78 is 82.3. The first-order valence-corrected chi connectivity index (χ1v) is 13.6. The van der Waals surface area contributed by atoms with Crippen molar-refractivity contribution in [1.82, 2.24) is 14.9 Å². The number of hydrogen-bond donors (Lipinski definition) is 2. The van der Waals surface area contributed by atoms with E-state index < -0.39 is 32.5 Å². The van der Waals surface area contributed by atoms with Crippen LogP contribution in [0, 0.1) is 5.82 Å². The third kappa shape index (κ3) is 6.36. The van der Waals surface area contributed by atoms with Crippen molar-refractivity contribution in [2.75, 3.05) is 24.1 Å². The minimum Gasteiger partial charge on any atom is -0.379 e. The highest BCUT2D eigenvalue weighted by Crippen LogP contribution is 2.39. The predicted molar refractivity (Wildman–Crippen MR) is 137 cm³/mol. The van der Waals surface area contributed by atoms with Crippen molar-refractivity contribution >= 4 is 33.1 Å². The number of alkyl halides is 3. The summed E-state index contributed by atoms with van der Waals surface area (Å²) in [6.45, 7) is 0. The molecule has 1 heterocycles. The zero-order valence-corrected chi connectivity index (χ0v) is 22.1. The molecule has 204 valence electrons. The summed E-state index contributed by atoms with van der Waals surface area (Å²) >= 11 is 6.37. The van der Waals surface area contributed by atoms with E-state index in [1.54, 1.807) is 6.07 Å². The van der Waals surface area contributed by atoms with Crippen LogP contribution in [0.5, 0.6) is 0 Å². The monoisotopic (exact) mass is 571 g/mol. The number of hydrogen-bond acceptors (Lipinski definition) is 6. The smallest absolute Gasteiger partial charge is 0.379 e. The van der Waals surface area contributed by atoms with Gasteiger partial charge in [0.05, 0.1) is 16.3 Å². The first-order valence-electron chi connectivity index (χ1n) is 11.7. The summed E-state index contributed by atoms with van der Waals surface area (Å²) in [7, 11) is -0.577. The van der Waals surface area contributed by atoms with E-state index >= 15 is 4.39 Å².